The van der Waals surface area contributed by atoms with Gasteiger partial charge >= 0.3 is 0 Å². The van der Waals surface area contributed by atoms with Gasteiger partial charge in [0.1, 0.15) is 0 Å². The van der Waals surface area contributed by atoms with Crippen molar-refractivity contribution in [3.8, 4) is 0 Å². The summed E-state index contributed by atoms with van der Waals surface area (Å²) in [5.41, 5.74) is 1.31. The fourth-order valence-electron chi connectivity index (χ4n) is 3.49. The van der Waals surface area contributed by atoms with E-state index in [-0.39, 0.29) is 16.7 Å². The summed E-state index contributed by atoms with van der Waals surface area (Å²) in [6.07, 6.45) is 2.81. The van der Waals surface area contributed by atoms with Gasteiger partial charge in [0.05, 0.1) is 26.7 Å². The predicted molar refractivity (Wildman–Crippen MR) is 113 cm³/mol. The minimum atomic E-state index is -3.41. The fraction of sp³-hybridized carbons (Fsp3) is 0.300. The minimum Gasteiger partial charge on any atom is -0.347 e. The number of piperidine rings is 1. The van der Waals surface area contributed by atoms with Crippen molar-refractivity contribution in [3.05, 3.63) is 48.5 Å². The van der Waals surface area contributed by atoms with Crippen molar-refractivity contribution in [2.24, 2.45) is 5.92 Å². The molecule has 2 aromatic carbocycles. The highest BCUT2D eigenvalue weighted by Crippen LogP contribution is 2.32. The summed E-state index contributed by atoms with van der Waals surface area (Å²) in [5, 5.41) is 3.75. The maximum absolute atomic E-state index is 12.8. The van der Waals surface area contributed by atoms with Crippen LogP contribution in [0.15, 0.2) is 53.4 Å². The van der Waals surface area contributed by atoms with E-state index < -0.39 is 9.84 Å². The van der Waals surface area contributed by atoms with E-state index in [0.29, 0.717) is 12.2 Å². The molecule has 2 heterocycles. The minimum absolute atomic E-state index is 0.141. The first-order valence-electron chi connectivity index (χ1n) is 9.12. The van der Waals surface area contributed by atoms with Crippen LogP contribution in [0.2, 0.25) is 0 Å². The number of carbonyl (C=O) groups is 1. The molecule has 1 unspecified atom stereocenters. The quantitative estimate of drug-likeness (QED) is 0.705. The Labute approximate surface area is 168 Å². The average molecular weight is 416 g/mol. The molecular formula is C20H21N3O3S2. The van der Waals surface area contributed by atoms with Crippen molar-refractivity contribution in [3.63, 3.8) is 0 Å². The number of carbonyl (C=O) groups excluding carboxylic acids is 1. The number of fused-ring (bicyclic) bond motifs is 1. The van der Waals surface area contributed by atoms with E-state index in [0.717, 1.165) is 41.0 Å². The molecule has 28 heavy (non-hydrogen) atoms. The summed E-state index contributed by atoms with van der Waals surface area (Å²) < 4.78 is 25.1. The van der Waals surface area contributed by atoms with E-state index in [1.165, 1.54) is 6.07 Å². The molecule has 0 saturated carbocycles. The summed E-state index contributed by atoms with van der Waals surface area (Å²) in [5.74, 6) is -0.365. The van der Waals surface area contributed by atoms with E-state index in [1.807, 2.05) is 24.3 Å². The molecule has 1 amide bonds. The van der Waals surface area contributed by atoms with Crippen LogP contribution in [0, 0.1) is 5.92 Å². The van der Waals surface area contributed by atoms with Gasteiger partial charge in [-0.05, 0) is 37.1 Å². The Balaban J connectivity index is 1.51. The van der Waals surface area contributed by atoms with E-state index in [9.17, 15) is 13.2 Å². The number of aromatic nitrogens is 1. The molecule has 0 spiro atoms. The smallest absolute Gasteiger partial charge is 0.229 e. The molecule has 1 atom stereocenters. The summed E-state index contributed by atoms with van der Waals surface area (Å²) in [4.78, 5) is 19.8. The maximum atomic E-state index is 12.8. The molecule has 1 N–H and O–H groups in total. The number of rotatable bonds is 4. The molecule has 0 aliphatic carbocycles. The molecule has 146 valence electrons. The van der Waals surface area contributed by atoms with Crippen LogP contribution in [0.5, 0.6) is 0 Å². The summed E-state index contributed by atoms with van der Waals surface area (Å²) in [7, 11) is -3.41. The highest BCUT2D eigenvalue weighted by Gasteiger charge is 2.28. The topological polar surface area (TPSA) is 79.4 Å². The van der Waals surface area contributed by atoms with Gasteiger partial charge < -0.3 is 10.2 Å². The van der Waals surface area contributed by atoms with E-state index in [1.54, 1.807) is 29.5 Å². The van der Waals surface area contributed by atoms with Gasteiger partial charge in [0.2, 0.25) is 5.91 Å². The standard InChI is InChI=1S/C20H21N3O3S2/c1-28(25,26)18-11-5-3-9-16(18)21-19(24)14-7-6-12-23(13-14)20-22-15-8-2-4-10-17(15)27-20/h2-5,8-11,14H,6-7,12-13H2,1H3,(H,21,24). The highest BCUT2D eigenvalue weighted by molar-refractivity contribution is 7.90. The van der Waals surface area contributed by atoms with Gasteiger partial charge in [0.15, 0.2) is 15.0 Å². The fourth-order valence-corrected chi connectivity index (χ4v) is 5.33. The molecule has 0 bridgehead atoms. The first kappa shape index (κ1) is 18.9. The maximum Gasteiger partial charge on any atom is 0.229 e. The van der Waals surface area contributed by atoms with Crippen molar-refractivity contribution in [2.45, 2.75) is 17.7 Å². The number of hydrogen-bond donors (Lipinski definition) is 1. The van der Waals surface area contributed by atoms with Crippen LogP contribution in [0.3, 0.4) is 0 Å². The van der Waals surface area contributed by atoms with Crippen LogP contribution < -0.4 is 10.2 Å². The SMILES string of the molecule is CS(=O)(=O)c1ccccc1NC(=O)C1CCCN(c2nc3ccccc3s2)C1. The van der Waals surface area contributed by atoms with Gasteiger partial charge in [-0.1, -0.05) is 35.6 Å². The van der Waals surface area contributed by atoms with Crippen molar-refractivity contribution in [2.75, 3.05) is 29.6 Å². The number of para-hydroxylation sites is 2. The summed E-state index contributed by atoms with van der Waals surface area (Å²) in [6, 6.07) is 14.5. The number of nitrogens with zero attached hydrogens (tertiary/aromatic N) is 2. The highest BCUT2D eigenvalue weighted by atomic mass is 32.2. The van der Waals surface area contributed by atoms with Crippen LogP contribution in [0.4, 0.5) is 10.8 Å². The number of nitrogens with one attached hydrogen (secondary N) is 1. The van der Waals surface area contributed by atoms with Gasteiger partial charge in [-0.3, -0.25) is 4.79 Å². The number of hydrogen-bond acceptors (Lipinski definition) is 6. The van der Waals surface area contributed by atoms with Crippen molar-refractivity contribution < 1.29 is 13.2 Å². The van der Waals surface area contributed by atoms with Gasteiger partial charge in [0.25, 0.3) is 0 Å². The van der Waals surface area contributed by atoms with E-state index in [4.69, 9.17) is 4.98 Å². The zero-order valence-corrected chi connectivity index (χ0v) is 17.1. The molecule has 4 rings (SSSR count). The van der Waals surface area contributed by atoms with Crippen molar-refractivity contribution >= 4 is 48.1 Å². The van der Waals surface area contributed by atoms with Crippen molar-refractivity contribution in [1.82, 2.24) is 4.98 Å². The Morgan fingerprint density at radius 3 is 2.71 bits per heavy atom. The second-order valence-electron chi connectivity index (χ2n) is 7.01. The van der Waals surface area contributed by atoms with Crippen LogP contribution in [0.25, 0.3) is 10.2 Å². The van der Waals surface area contributed by atoms with Crippen LogP contribution in [-0.2, 0) is 14.6 Å². The molecule has 3 aromatic rings. The zero-order valence-electron chi connectivity index (χ0n) is 15.5. The molecule has 1 saturated heterocycles. The summed E-state index contributed by atoms with van der Waals surface area (Å²) >= 11 is 1.63. The Morgan fingerprint density at radius 1 is 1.18 bits per heavy atom. The third-order valence-electron chi connectivity index (χ3n) is 4.89. The Morgan fingerprint density at radius 2 is 1.93 bits per heavy atom. The average Bonchev–Trinajstić information content (AvgIpc) is 3.12. The monoisotopic (exact) mass is 415 g/mol. The second-order valence-corrected chi connectivity index (χ2v) is 10.0. The van der Waals surface area contributed by atoms with Crippen molar-refractivity contribution in [1.29, 1.82) is 0 Å². The number of benzene rings is 2. The van der Waals surface area contributed by atoms with Crippen LogP contribution >= 0.6 is 11.3 Å². The lowest BCUT2D eigenvalue weighted by Gasteiger charge is -2.31. The Kier molecular flexibility index (Phi) is 5.07. The predicted octanol–water partition coefficient (Wildman–Crippen LogP) is 3.55. The molecular weight excluding hydrogens is 394 g/mol. The van der Waals surface area contributed by atoms with Crippen LogP contribution in [0.1, 0.15) is 12.8 Å². The summed E-state index contributed by atoms with van der Waals surface area (Å²) in [6.45, 7) is 1.44. The first-order valence-corrected chi connectivity index (χ1v) is 11.8. The van der Waals surface area contributed by atoms with Crippen LogP contribution in [-0.4, -0.2) is 38.7 Å². The number of amides is 1. The zero-order chi connectivity index (χ0) is 19.7. The third-order valence-corrected chi connectivity index (χ3v) is 7.14. The lowest BCUT2D eigenvalue weighted by atomic mass is 9.97. The molecule has 8 heteroatoms. The molecule has 1 aliphatic rings. The molecule has 1 aromatic heterocycles. The van der Waals surface area contributed by atoms with Gasteiger partial charge in [0, 0.05) is 19.3 Å². The third kappa shape index (κ3) is 3.88. The molecule has 6 nitrogen and oxygen atoms in total. The molecule has 0 radical (unpaired) electrons. The molecule has 1 aliphatic heterocycles. The van der Waals surface area contributed by atoms with E-state index >= 15 is 0 Å². The normalized spacial score (nSPS) is 17.6. The largest absolute Gasteiger partial charge is 0.347 e. The van der Waals surface area contributed by atoms with Gasteiger partial charge in [-0.2, -0.15) is 0 Å². The van der Waals surface area contributed by atoms with E-state index in [2.05, 4.69) is 10.2 Å². The number of sulfone groups is 1. The first-order chi connectivity index (χ1) is 13.4. The Hall–Kier alpha value is -2.45. The lowest BCUT2D eigenvalue weighted by Crippen LogP contribution is -2.40. The second kappa shape index (κ2) is 7.52. The van der Waals surface area contributed by atoms with Gasteiger partial charge in [-0.15, -0.1) is 0 Å². The number of anilines is 2. The number of thiazole rings is 1. The lowest BCUT2D eigenvalue weighted by molar-refractivity contribution is -0.120. The Bertz CT molecular complexity index is 1090. The van der Waals surface area contributed by atoms with Gasteiger partial charge in [-0.25, -0.2) is 13.4 Å². The molecule has 1 fully saturated rings.